The number of ether oxygens (including phenoxy) is 1. The Labute approximate surface area is 114 Å². The van der Waals surface area contributed by atoms with Crippen molar-refractivity contribution in [1.29, 1.82) is 0 Å². The fourth-order valence-electron chi connectivity index (χ4n) is 1.47. The molecule has 20 heavy (non-hydrogen) atoms. The van der Waals surface area contributed by atoms with Gasteiger partial charge in [-0.2, -0.15) is 13.2 Å². The number of aliphatic hydroxyl groups is 1. The van der Waals surface area contributed by atoms with Crippen LogP contribution in [-0.4, -0.2) is 26.6 Å². The lowest BCUT2D eigenvalue weighted by molar-refractivity contribution is -0.136. The Morgan fingerprint density at radius 3 is 2.55 bits per heavy atom. The molecule has 0 atom stereocenters. The van der Waals surface area contributed by atoms with Crippen molar-refractivity contribution < 1.29 is 36.2 Å². The van der Waals surface area contributed by atoms with E-state index in [1.807, 2.05) is 0 Å². The number of hydrogen-bond donors (Lipinski definition) is 2. The molecule has 1 aromatic heterocycles. The van der Waals surface area contributed by atoms with E-state index < -0.39 is 48.3 Å². The van der Waals surface area contributed by atoms with Gasteiger partial charge in [-0.1, -0.05) is 0 Å². The fraction of sp³-hybridized carbons (Fsp3) is 0.222. The zero-order valence-corrected chi connectivity index (χ0v) is 11.2. The third-order valence-corrected chi connectivity index (χ3v) is 5.03. The molecule has 2 heterocycles. The highest BCUT2D eigenvalue weighted by atomic mass is 32.2. The monoisotopic (exact) mass is 329 g/mol. The highest BCUT2D eigenvalue weighted by molar-refractivity contribution is 7.90. The minimum atomic E-state index is -4.76. The lowest BCUT2D eigenvalue weighted by Gasteiger charge is -2.16. The first-order valence-electron chi connectivity index (χ1n) is 4.83. The Morgan fingerprint density at radius 1 is 1.45 bits per heavy atom. The van der Waals surface area contributed by atoms with Crippen LogP contribution in [-0.2, 0) is 25.7 Å². The first kappa shape index (κ1) is 14.7. The fourth-order valence-corrected chi connectivity index (χ4v) is 4.04. The van der Waals surface area contributed by atoms with Crippen LogP contribution >= 0.6 is 11.3 Å². The van der Waals surface area contributed by atoms with Crippen LogP contribution in [0.3, 0.4) is 0 Å². The number of fused-ring (bicyclic) bond motifs is 1. The van der Waals surface area contributed by atoms with E-state index >= 15 is 0 Å². The predicted octanol–water partition coefficient (Wildman–Crippen LogP) is 1.46. The van der Waals surface area contributed by atoms with Gasteiger partial charge in [-0.3, -0.25) is 4.72 Å². The molecule has 0 amide bonds. The molecule has 0 radical (unpaired) electrons. The van der Waals surface area contributed by atoms with E-state index in [1.165, 1.54) is 0 Å². The second-order valence-corrected chi connectivity index (χ2v) is 6.33. The standard InChI is InChI=1S/C9H6F3NO5S2/c1-18-8(15)5-6(14)7-3(20(16,17)13-5)2-4(19-7)9(10,11)12/h2,13-14H,1H3. The second kappa shape index (κ2) is 4.38. The maximum Gasteiger partial charge on any atom is 0.425 e. The van der Waals surface area contributed by atoms with Crippen molar-refractivity contribution in [2.45, 2.75) is 11.1 Å². The van der Waals surface area contributed by atoms with Crippen molar-refractivity contribution in [2.24, 2.45) is 0 Å². The molecule has 0 bridgehead atoms. The van der Waals surface area contributed by atoms with Crippen LogP contribution in [0.15, 0.2) is 16.7 Å². The molecule has 1 aliphatic rings. The molecule has 1 aliphatic heterocycles. The van der Waals surface area contributed by atoms with Crippen molar-refractivity contribution in [3.05, 3.63) is 21.5 Å². The lowest BCUT2D eigenvalue weighted by atomic mass is 10.3. The number of rotatable bonds is 1. The van der Waals surface area contributed by atoms with Gasteiger partial charge in [-0.05, 0) is 6.07 Å². The molecular formula is C9H6F3NO5S2. The maximum absolute atomic E-state index is 12.6. The number of alkyl halides is 3. The molecular weight excluding hydrogens is 323 g/mol. The topological polar surface area (TPSA) is 92.7 Å². The third-order valence-electron chi connectivity index (χ3n) is 2.34. The molecule has 0 saturated carbocycles. The SMILES string of the molecule is COC(=O)C1=C(O)c2sc(C(F)(F)F)cc2S(=O)(=O)N1. The smallest absolute Gasteiger partial charge is 0.425 e. The quantitative estimate of drug-likeness (QED) is 0.761. The summed E-state index contributed by atoms with van der Waals surface area (Å²) in [5.74, 6) is -2.11. The Bertz CT molecular complexity index is 716. The summed E-state index contributed by atoms with van der Waals surface area (Å²) in [6.45, 7) is 0. The Morgan fingerprint density at radius 2 is 2.05 bits per heavy atom. The van der Waals surface area contributed by atoms with Crippen molar-refractivity contribution >= 4 is 33.1 Å². The predicted molar refractivity (Wildman–Crippen MR) is 61.2 cm³/mol. The van der Waals surface area contributed by atoms with Crippen LogP contribution < -0.4 is 4.72 Å². The van der Waals surface area contributed by atoms with Gasteiger partial charge in [-0.15, -0.1) is 11.3 Å². The van der Waals surface area contributed by atoms with Gasteiger partial charge >= 0.3 is 12.1 Å². The molecule has 0 aliphatic carbocycles. The molecule has 0 fully saturated rings. The van der Waals surface area contributed by atoms with E-state index in [0.717, 1.165) is 7.11 Å². The minimum Gasteiger partial charge on any atom is -0.504 e. The van der Waals surface area contributed by atoms with Crippen molar-refractivity contribution in [3.8, 4) is 0 Å². The number of hydrogen-bond acceptors (Lipinski definition) is 6. The summed E-state index contributed by atoms with van der Waals surface area (Å²) in [5.41, 5.74) is -0.824. The molecule has 2 N–H and O–H groups in total. The normalized spacial score (nSPS) is 17.4. The molecule has 110 valence electrons. The molecule has 0 saturated heterocycles. The highest BCUT2D eigenvalue weighted by Gasteiger charge is 2.41. The van der Waals surface area contributed by atoms with Gasteiger partial charge in [0.05, 0.1) is 12.0 Å². The molecule has 11 heteroatoms. The first-order valence-corrected chi connectivity index (χ1v) is 7.13. The third kappa shape index (κ3) is 2.22. The summed E-state index contributed by atoms with van der Waals surface area (Å²) in [6.07, 6.45) is -4.76. The van der Waals surface area contributed by atoms with Gasteiger partial charge in [-0.25, -0.2) is 13.2 Å². The molecule has 6 nitrogen and oxygen atoms in total. The number of carbonyl (C=O) groups is 1. The average molecular weight is 329 g/mol. The van der Waals surface area contributed by atoms with Crippen LogP contribution in [0.4, 0.5) is 13.2 Å². The summed E-state index contributed by atoms with van der Waals surface area (Å²) >= 11 is 0.0245. The number of nitrogens with one attached hydrogen (secondary N) is 1. The number of sulfonamides is 1. The van der Waals surface area contributed by atoms with E-state index in [1.54, 1.807) is 4.72 Å². The molecule has 0 aromatic carbocycles. The van der Waals surface area contributed by atoms with Crippen molar-refractivity contribution in [2.75, 3.05) is 7.11 Å². The zero-order valence-electron chi connectivity index (χ0n) is 9.61. The van der Waals surface area contributed by atoms with E-state index in [-0.39, 0.29) is 11.3 Å². The van der Waals surface area contributed by atoms with E-state index in [4.69, 9.17) is 0 Å². The van der Waals surface area contributed by atoms with Crippen LogP contribution in [0, 0.1) is 0 Å². The summed E-state index contributed by atoms with van der Waals surface area (Å²) in [5, 5.41) is 9.73. The number of methoxy groups -OCH3 is 1. The van der Waals surface area contributed by atoms with Crippen molar-refractivity contribution in [1.82, 2.24) is 4.72 Å². The number of thiophene rings is 1. The molecule has 2 rings (SSSR count). The number of carbonyl (C=O) groups excluding carboxylic acids is 1. The van der Waals surface area contributed by atoms with Gasteiger partial charge in [0.1, 0.15) is 9.77 Å². The second-order valence-electron chi connectivity index (χ2n) is 3.62. The van der Waals surface area contributed by atoms with Gasteiger partial charge < -0.3 is 9.84 Å². The van der Waals surface area contributed by atoms with E-state index in [0.29, 0.717) is 6.07 Å². The Balaban J connectivity index is 2.71. The van der Waals surface area contributed by atoms with Crippen LogP contribution in [0.5, 0.6) is 0 Å². The van der Waals surface area contributed by atoms with Crippen molar-refractivity contribution in [3.63, 3.8) is 0 Å². The average Bonchev–Trinajstić information content (AvgIpc) is 2.79. The van der Waals surface area contributed by atoms with Gasteiger partial charge in [0, 0.05) is 0 Å². The zero-order chi connectivity index (χ0) is 15.3. The first-order chi connectivity index (χ1) is 9.08. The van der Waals surface area contributed by atoms with Gasteiger partial charge in [0.25, 0.3) is 10.0 Å². The molecule has 1 aromatic rings. The number of halogens is 3. The van der Waals surface area contributed by atoms with E-state index in [2.05, 4.69) is 4.74 Å². The van der Waals surface area contributed by atoms with Crippen LogP contribution in [0.1, 0.15) is 9.75 Å². The van der Waals surface area contributed by atoms with Gasteiger partial charge in [0.2, 0.25) is 0 Å². The maximum atomic E-state index is 12.6. The summed E-state index contributed by atoms with van der Waals surface area (Å²) < 4.78 is 67.2. The number of esters is 1. The summed E-state index contributed by atoms with van der Waals surface area (Å²) in [7, 11) is -3.44. The summed E-state index contributed by atoms with van der Waals surface area (Å²) in [4.78, 5) is 8.80. The van der Waals surface area contributed by atoms with E-state index in [9.17, 15) is 31.5 Å². The Kier molecular flexibility index (Phi) is 3.21. The van der Waals surface area contributed by atoms with Gasteiger partial charge in [0.15, 0.2) is 11.5 Å². The lowest BCUT2D eigenvalue weighted by Crippen LogP contribution is -2.32. The largest absolute Gasteiger partial charge is 0.504 e. The highest BCUT2D eigenvalue weighted by Crippen LogP contribution is 2.42. The molecule has 0 unspecified atom stereocenters. The summed E-state index contributed by atoms with van der Waals surface area (Å²) in [6, 6.07) is 0.395. The van der Waals surface area contributed by atoms with Crippen LogP contribution in [0.25, 0.3) is 5.76 Å². The molecule has 0 spiro atoms. The number of aliphatic hydroxyl groups excluding tert-OH is 1. The van der Waals surface area contributed by atoms with Crippen LogP contribution in [0.2, 0.25) is 0 Å². The minimum absolute atomic E-state index is 0.0245. The Hall–Kier alpha value is -1.75.